The van der Waals surface area contributed by atoms with Crippen LogP contribution in [0.4, 0.5) is 0 Å². The van der Waals surface area contributed by atoms with E-state index in [2.05, 4.69) is 5.10 Å². The predicted molar refractivity (Wildman–Crippen MR) is 45.2 cm³/mol. The van der Waals surface area contributed by atoms with Crippen molar-refractivity contribution in [1.82, 2.24) is 9.78 Å². The van der Waals surface area contributed by atoms with E-state index in [4.69, 9.17) is 4.74 Å². The number of aryl methyl sites for hydroxylation is 1. The summed E-state index contributed by atoms with van der Waals surface area (Å²) in [5.41, 5.74) is 1.47. The Morgan fingerprint density at radius 1 is 1.50 bits per heavy atom. The van der Waals surface area contributed by atoms with E-state index in [9.17, 15) is 5.11 Å². The molecule has 0 bridgehead atoms. The molecule has 0 radical (unpaired) electrons. The zero-order valence-electron chi connectivity index (χ0n) is 7.66. The highest BCUT2D eigenvalue weighted by atomic mass is 16.5. The van der Waals surface area contributed by atoms with Gasteiger partial charge in [-0.1, -0.05) is 0 Å². The van der Waals surface area contributed by atoms with Crippen LogP contribution in [-0.2, 0) is 11.3 Å². The van der Waals surface area contributed by atoms with Crippen LogP contribution in [0.5, 0.6) is 5.75 Å². The van der Waals surface area contributed by atoms with Crippen molar-refractivity contribution in [2.24, 2.45) is 0 Å². The van der Waals surface area contributed by atoms with Crippen LogP contribution in [-0.4, -0.2) is 28.6 Å². The van der Waals surface area contributed by atoms with Crippen molar-refractivity contribution in [3.05, 3.63) is 11.4 Å². The van der Waals surface area contributed by atoms with Gasteiger partial charge in [-0.15, -0.1) is 0 Å². The number of methoxy groups -OCH3 is 1. The van der Waals surface area contributed by atoms with E-state index >= 15 is 0 Å². The van der Waals surface area contributed by atoms with Crippen LogP contribution < -0.4 is 0 Å². The molecule has 12 heavy (non-hydrogen) atoms. The van der Waals surface area contributed by atoms with Gasteiger partial charge in [-0.3, -0.25) is 4.68 Å². The smallest absolute Gasteiger partial charge is 0.159 e. The Morgan fingerprint density at radius 3 is 2.58 bits per heavy atom. The minimum Gasteiger partial charge on any atom is -0.504 e. The first-order valence-corrected chi connectivity index (χ1v) is 3.88. The summed E-state index contributed by atoms with van der Waals surface area (Å²) < 4.78 is 6.65. The van der Waals surface area contributed by atoms with Gasteiger partial charge in [0.1, 0.15) is 5.69 Å². The zero-order chi connectivity index (χ0) is 9.14. The molecule has 0 aliphatic rings. The van der Waals surface area contributed by atoms with Crippen LogP contribution in [0.25, 0.3) is 0 Å². The molecular formula is C8H14N2O2. The van der Waals surface area contributed by atoms with Crippen LogP contribution in [0.2, 0.25) is 0 Å². The second kappa shape index (κ2) is 3.58. The molecule has 0 amide bonds. The first-order chi connectivity index (χ1) is 5.66. The summed E-state index contributed by atoms with van der Waals surface area (Å²) in [6.45, 7) is 4.92. The summed E-state index contributed by atoms with van der Waals surface area (Å²) in [7, 11) is 1.64. The highest BCUT2D eigenvalue weighted by Crippen LogP contribution is 2.19. The zero-order valence-corrected chi connectivity index (χ0v) is 7.66. The van der Waals surface area contributed by atoms with E-state index in [1.807, 2.05) is 6.92 Å². The summed E-state index contributed by atoms with van der Waals surface area (Å²) >= 11 is 0. The SMILES string of the molecule is COCCn1nc(C)c(O)c1C. The molecule has 0 spiro atoms. The Balaban J connectivity index is 2.79. The van der Waals surface area contributed by atoms with Gasteiger partial charge < -0.3 is 9.84 Å². The van der Waals surface area contributed by atoms with Gasteiger partial charge in [-0.05, 0) is 13.8 Å². The highest BCUT2D eigenvalue weighted by molar-refractivity contribution is 5.29. The molecule has 1 heterocycles. The number of ether oxygens (including phenoxy) is 1. The fourth-order valence-electron chi connectivity index (χ4n) is 1.08. The summed E-state index contributed by atoms with van der Waals surface area (Å²) in [4.78, 5) is 0. The Hall–Kier alpha value is -1.03. The molecule has 0 saturated carbocycles. The first kappa shape index (κ1) is 9.06. The van der Waals surface area contributed by atoms with Gasteiger partial charge in [-0.2, -0.15) is 5.10 Å². The largest absolute Gasteiger partial charge is 0.504 e. The normalized spacial score (nSPS) is 10.6. The number of rotatable bonds is 3. The second-order valence-corrected chi connectivity index (χ2v) is 2.74. The van der Waals surface area contributed by atoms with Crippen LogP contribution in [0.3, 0.4) is 0 Å². The van der Waals surface area contributed by atoms with Crippen molar-refractivity contribution in [2.75, 3.05) is 13.7 Å². The number of hydrogen-bond acceptors (Lipinski definition) is 3. The molecule has 1 aromatic rings. The van der Waals surface area contributed by atoms with Gasteiger partial charge in [0.25, 0.3) is 0 Å². The number of aromatic nitrogens is 2. The minimum absolute atomic E-state index is 0.283. The van der Waals surface area contributed by atoms with Gasteiger partial charge >= 0.3 is 0 Å². The molecule has 0 aromatic carbocycles. The summed E-state index contributed by atoms with van der Waals surface area (Å²) in [5.74, 6) is 0.283. The lowest BCUT2D eigenvalue weighted by molar-refractivity contribution is 0.182. The molecule has 0 saturated heterocycles. The minimum atomic E-state index is 0.283. The monoisotopic (exact) mass is 170 g/mol. The highest BCUT2D eigenvalue weighted by Gasteiger charge is 2.08. The Bertz CT molecular complexity index is 268. The van der Waals surface area contributed by atoms with Crippen molar-refractivity contribution >= 4 is 0 Å². The third-order valence-corrected chi connectivity index (χ3v) is 1.85. The standard InChI is InChI=1S/C8H14N2O2/c1-6-8(11)7(2)10(9-6)4-5-12-3/h11H,4-5H2,1-3H3. The van der Waals surface area contributed by atoms with Crippen LogP contribution in [0.1, 0.15) is 11.4 Å². The third kappa shape index (κ3) is 1.58. The van der Waals surface area contributed by atoms with Crippen molar-refractivity contribution < 1.29 is 9.84 Å². The van der Waals surface area contributed by atoms with E-state index in [1.54, 1.807) is 18.7 Å². The van der Waals surface area contributed by atoms with E-state index in [0.717, 1.165) is 5.69 Å². The number of aromatic hydroxyl groups is 1. The fourth-order valence-corrected chi connectivity index (χ4v) is 1.08. The quantitative estimate of drug-likeness (QED) is 0.731. The van der Waals surface area contributed by atoms with Gasteiger partial charge in [0.2, 0.25) is 0 Å². The molecule has 0 aliphatic carbocycles. The third-order valence-electron chi connectivity index (χ3n) is 1.85. The Labute approximate surface area is 71.8 Å². The number of nitrogens with zero attached hydrogens (tertiary/aromatic N) is 2. The summed E-state index contributed by atoms with van der Waals surface area (Å²) in [6.07, 6.45) is 0. The van der Waals surface area contributed by atoms with Crippen molar-refractivity contribution in [3.63, 3.8) is 0 Å². The average Bonchev–Trinajstić information content (AvgIpc) is 2.30. The molecule has 0 unspecified atom stereocenters. The van der Waals surface area contributed by atoms with Crippen molar-refractivity contribution in [1.29, 1.82) is 0 Å². The van der Waals surface area contributed by atoms with E-state index in [-0.39, 0.29) is 5.75 Å². The second-order valence-electron chi connectivity index (χ2n) is 2.74. The Morgan fingerprint density at radius 2 is 2.17 bits per heavy atom. The molecule has 4 heteroatoms. The number of hydrogen-bond donors (Lipinski definition) is 1. The molecule has 0 aliphatic heterocycles. The molecular weight excluding hydrogens is 156 g/mol. The first-order valence-electron chi connectivity index (χ1n) is 3.88. The molecule has 4 nitrogen and oxygen atoms in total. The molecule has 1 rings (SSSR count). The molecule has 0 fully saturated rings. The summed E-state index contributed by atoms with van der Waals surface area (Å²) in [6, 6.07) is 0. The van der Waals surface area contributed by atoms with Gasteiger partial charge in [0, 0.05) is 7.11 Å². The van der Waals surface area contributed by atoms with Gasteiger partial charge in [-0.25, -0.2) is 0 Å². The molecule has 0 atom stereocenters. The maximum atomic E-state index is 9.40. The van der Waals surface area contributed by atoms with Gasteiger partial charge in [0.15, 0.2) is 5.75 Å². The molecule has 68 valence electrons. The van der Waals surface area contributed by atoms with E-state index in [1.165, 1.54) is 0 Å². The fraction of sp³-hybridized carbons (Fsp3) is 0.625. The van der Waals surface area contributed by atoms with E-state index in [0.29, 0.717) is 18.8 Å². The molecule has 1 N–H and O–H groups in total. The van der Waals surface area contributed by atoms with Crippen LogP contribution in [0.15, 0.2) is 0 Å². The predicted octanol–water partition coefficient (Wildman–Crippen LogP) is 0.852. The topological polar surface area (TPSA) is 47.3 Å². The van der Waals surface area contributed by atoms with Crippen LogP contribution >= 0.6 is 0 Å². The summed E-state index contributed by atoms with van der Waals surface area (Å²) in [5, 5.41) is 13.5. The van der Waals surface area contributed by atoms with Gasteiger partial charge in [0.05, 0.1) is 18.8 Å². The lowest BCUT2D eigenvalue weighted by atomic mass is 10.3. The van der Waals surface area contributed by atoms with E-state index < -0.39 is 0 Å². The maximum Gasteiger partial charge on any atom is 0.159 e. The lowest BCUT2D eigenvalue weighted by Crippen LogP contribution is -2.07. The molecule has 1 aromatic heterocycles. The van der Waals surface area contributed by atoms with Crippen molar-refractivity contribution in [3.8, 4) is 5.75 Å². The lowest BCUT2D eigenvalue weighted by Gasteiger charge is -2.01. The maximum absolute atomic E-state index is 9.40. The average molecular weight is 170 g/mol. The Kier molecular flexibility index (Phi) is 2.70. The van der Waals surface area contributed by atoms with Crippen LogP contribution in [0, 0.1) is 13.8 Å². The van der Waals surface area contributed by atoms with Crippen molar-refractivity contribution in [2.45, 2.75) is 20.4 Å².